The summed E-state index contributed by atoms with van der Waals surface area (Å²) >= 11 is 0. The van der Waals surface area contributed by atoms with Crippen molar-refractivity contribution in [1.29, 1.82) is 0 Å². The largest absolute Gasteiger partial charge is 0.458 e. The molecule has 0 bridgehead atoms. The van der Waals surface area contributed by atoms with E-state index in [0.717, 1.165) is 0 Å². The predicted molar refractivity (Wildman–Crippen MR) is 44.1 cm³/mol. The highest BCUT2D eigenvalue weighted by molar-refractivity contribution is 5.70. The molecule has 1 aliphatic rings. The van der Waals surface area contributed by atoms with Gasteiger partial charge in [-0.2, -0.15) is 0 Å². The molecule has 0 saturated carbocycles. The van der Waals surface area contributed by atoms with Gasteiger partial charge in [-0.05, 0) is 13.8 Å². The first-order valence-electron chi connectivity index (χ1n) is 4.04. The summed E-state index contributed by atoms with van der Waals surface area (Å²) in [6, 6.07) is -0.274. The summed E-state index contributed by atoms with van der Waals surface area (Å²) in [5.41, 5.74) is -0.724. The number of esters is 1. The van der Waals surface area contributed by atoms with Crippen molar-refractivity contribution in [3.05, 3.63) is 0 Å². The minimum absolute atomic E-state index is 0.235. The summed E-state index contributed by atoms with van der Waals surface area (Å²) in [4.78, 5) is 21.4. The molecule has 5 heteroatoms. The van der Waals surface area contributed by atoms with E-state index in [4.69, 9.17) is 9.47 Å². The molecule has 1 aliphatic heterocycles. The van der Waals surface area contributed by atoms with Gasteiger partial charge in [-0.25, -0.2) is 4.79 Å². The molecule has 1 amide bonds. The van der Waals surface area contributed by atoms with Crippen LogP contribution in [-0.4, -0.2) is 30.3 Å². The smallest absolute Gasteiger partial charge is 0.407 e. The monoisotopic (exact) mass is 187 g/mol. The lowest BCUT2D eigenvalue weighted by Gasteiger charge is -2.28. The Bertz CT molecular complexity index is 236. The van der Waals surface area contributed by atoms with Crippen LogP contribution in [0.3, 0.4) is 0 Å². The first-order valence-corrected chi connectivity index (χ1v) is 4.04. The molecule has 0 radical (unpaired) electrons. The average Bonchev–Trinajstić information content (AvgIpc) is 2.32. The van der Waals surface area contributed by atoms with Crippen LogP contribution in [0.4, 0.5) is 4.79 Å². The fraction of sp³-hybridized carbons (Fsp3) is 0.750. The Morgan fingerprint density at radius 2 is 2.31 bits per heavy atom. The number of hydrogen-bond acceptors (Lipinski definition) is 4. The van der Waals surface area contributed by atoms with Gasteiger partial charge in [0, 0.05) is 6.92 Å². The Labute approximate surface area is 76.4 Å². The molecule has 1 N–H and O–H groups in total. The number of carbonyl (C=O) groups is 2. The molecule has 74 valence electrons. The Hall–Kier alpha value is -1.26. The summed E-state index contributed by atoms with van der Waals surface area (Å²) in [5, 5.41) is 2.56. The first-order chi connectivity index (χ1) is 5.92. The van der Waals surface area contributed by atoms with Crippen LogP contribution in [0.1, 0.15) is 20.8 Å². The normalized spacial score (nSPS) is 22.1. The van der Waals surface area contributed by atoms with Gasteiger partial charge < -0.3 is 14.8 Å². The van der Waals surface area contributed by atoms with Crippen molar-refractivity contribution in [3.63, 3.8) is 0 Å². The fourth-order valence-electron chi connectivity index (χ4n) is 1.20. The van der Waals surface area contributed by atoms with Crippen molar-refractivity contribution in [2.45, 2.75) is 32.4 Å². The molecular weight excluding hydrogens is 174 g/mol. The van der Waals surface area contributed by atoms with Crippen LogP contribution >= 0.6 is 0 Å². The summed E-state index contributed by atoms with van der Waals surface area (Å²) in [6.45, 7) is 5.03. The van der Waals surface area contributed by atoms with Crippen molar-refractivity contribution < 1.29 is 19.1 Å². The topological polar surface area (TPSA) is 64.6 Å². The van der Waals surface area contributed by atoms with E-state index in [2.05, 4.69) is 5.32 Å². The highest BCUT2D eigenvalue weighted by atomic mass is 16.6. The standard InChI is InChI=1S/C8H13NO4/c1-5(10)13-8(2,3)6-4-12-7(11)9-6/h6H,4H2,1-3H3,(H,9,11). The van der Waals surface area contributed by atoms with Crippen molar-refractivity contribution in [1.82, 2.24) is 5.32 Å². The van der Waals surface area contributed by atoms with Gasteiger partial charge in [0.2, 0.25) is 0 Å². The van der Waals surface area contributed by atoms with Gasteiger partial charge in [0.15, 0.2) is 0 Å². The average molecular weight is 187 g/mol. The maximum absolute atomic E-state index is 10.7. The van der Waals surface area contributed by atoms with Gasteiger partial charge in [-0.15, -0.1) is 0 Å². The summed E-state index contributed by atoms with van der Waals surface area (Å²) in [7, 11) is 0. The fourth-order valence-corrected chi connectivity index (χ4v) is 1.20. The van der Waals surface area contributed by atoms with Crippen LogP contribution in [0, 0.1) is 0 Å². The van der Waals surface area contributed by atoms with E-state index in [1.54, 1.807) is 13.8 Å². The third kappa shape index (κ3) is 2.34. The second kappa shape index (κ2) is 3.24. The SMILES string of the molecule is CC(=O)OC(C)(C)C1COC(=O)N1. The quantitative estimate of drug-likeness (QED) is 0.637. The van der Waals surface area contributed by atoms with E-state index in [1.165, 1.54) is 6.92 Å². The number of nitrogens with one attached hydrogen (secondary N) is 1. The zero-order valence-corrected chi connectivity index (χ0v) is 7.92. The molecule has 13 heavy (non-hydrogen) atoms. The molecule has 1 heterocycles. The molecule has 1 saturated heterocycles. The van der Waals surface area contributed by atoms with E-state index in [9.17, 15) is 9.59 Å². The van der Waals surface area contributed by atoms with Crippen LogP contribution in [0.2, 0.25) is 0 Å². The third-order valence-corrected chi connectivity index (χ3v) is 1.92. The lowest BCUT2D eigenvalue weighted by molar-refractivity contribution is -0.156. The van der Waals surface area contributed by atoms with E-state index in [1.807, 2.05) is 0 Å². The van der Waals surface area contributed by atoms with Crippen molar-refractivity contribution in [2.24, 2.45) is 0 Å². The second-order valence-electron chi connectivity index (χ2n) is 3.49. The van der Waals surface area contributed by atoms with Gasteiger partial charge in [0.05, 0.1) is 0 Å². The van der Waals surface area contributed by atoms with Gasteiger partial charge in [-0.3, -0.25) is 4.79 Å². The van der Waals surface area contributed by atoms with Crippen molar-refractivity contribution in [3.8, 4) is 0 Å². The van der Waals surface area contributed by atoms with E-state index in [0.29, 0.717) is 0 Å². The Balaban J connectivity index is 2.58. The summed E-state index contributed by atoms with van der Waals surface area (Å²) < 4.78 is 9.73. The molecule has 1 rings (SSSR count). The van der Waals surface area contributed by atoms with Crippen LogP contribution in [0.25, 0.3) is 0 Å². The zero-order valence-electron chi connectivity index (χ0n) is 7.92. The number of rotatable bonds is 2. The van der Waals surface area contributed by atoms with E-state index < -0.39 is 11.7 Å². The van der Waals surface area contributed by atoms with Crippen LogP contribution in [0.5, 0.6) is 0 Å². The third-order valence-electron chi connectivity index (χ3n) is 1.92. The van der Waals surface area contributed by atoms with E-state index in [-0.39, 0.29) is 18.6 Å². The lowest BCUT2D eigenvalue weighted by atomic mass is 10.00. The van der Waals surface area contributed by atoms with Crippen molar-refractivity contribution in [2.75, 3.05) is 6.61 Å². The summed E-state index contributed by atoms with van der Waals surface area (Å²) in [6.07, 6.45) is -0.467. The number of alkyl carbamates (subject to hydrolysis) is 1. The van der Waals surface area contributed by atoms with Crippen molar-refractivity contribution >= 4 is 12.1 Å². The molecule has 1 fully saturated rings. The van der Waals surface area contributed by atoms with Gasteiger partial charge in [-0.1, -0.05) is 0 Å². The molecule has 0 aromatic carbocycles. The van der Waals surface area contributed by atoms with Crippen LogP contribution in [-0.2, 0) is 14.3 Å². The molecule has 0 aromatic rings. The molecular formula is C8H13NO4. The molecule has 1 unspecified atom stereocenters. The first kappa shape index (κ1) is 9.83. The summed E-state index contributed by atoms with van der Waals surface area (Å²) in [5.74, 6) is -0.369. The number of cyclic esters (lactones) is 1. The van der Waals surface area contributed by atoms with Gasteiger partial charge in [0.25, 0.3) is 0 Å². The Morgan fingerprint density at radius 1 is 1.69 bits per heavy atom. The molecule has 0 aromatic heterocycles. The Kier molecular flexibility index (Phi) is 2.45. The number of carbonyl (C=O) groups excluding carboxylic acids is 2. The molecule has 1 atom stereocenters. The number of ether oxygens (including phenoxy) is 2. The van der Waals surface area contributed by atoms with Gasteiger partial charge >= 0.3 is 12.1 Å². The predicted octanol–water partition coefficient (Wildman–Crippen LogP) is 0.436. The zero-order chi connectivity index (χ0) is 10.1. The Morgan fingerprint density at radius 3 is 2.69 bits per heavy atom. The maximum Gasteiger partial charge on any atom is 0.407 e. The molecule has 5 nitrogen and oxygen atoms in total. The minimum Gasteiger partial charge on any atom is -0.458 e. The maximum atomic E-state index is 10.7. The van der Waals surface area contributed by atoms with Gasteiger partial charge in [0.1, 0.15) is 18.2 Å². The van der Waals surface area contributed by atoms with Crippen LogP contribution in [0.15, 0.2) is 0 Å². The number of hydrogen-bond donors (Lipinski definition) is 1. The minimum atomic E-state index is -0.724. The lowest BCUT2D eigenvalue weighted by Crippen LogP contribution is -2.48. The molecule has 0 spiro atoms. The van der Waals surface area contributed by atoms with Crippen LogP contribution < -0.4 is 5.32 Å². The number of amides is 1. The second-order valence-corrected chi connectivity index (χ2v) is 3.49. The highest BCUT2D eigenvalue weighted by Gasteiger charge is 2.38. The molecule has 0 aliphatic carbocycles. The highest BCUT2D eigenvalue weighted by Crippen LogP contribution is 2.18. The van der Waals surface area contributed by atoms with E-state index >= 15 is 0 Å².